The van der Waals surface area contributed by atoms with Crippen LogP contribution in [0.25, 0.3) is 0 Å². The van der Waals surface area contributed by atoms with Gasteiger partial charge < -0.3 is 9.80 Å². The zero-order valence-corrected chi connectivity index (χ0v) is 13.9. The third-order valence-electron chi connectivity index (χ3n) is 3.40. The van der Waals surface area contributed by atoms with Crippen molar-refractivity contribution in [3.63, 3.8) is 0 Å². The van der Waals surface area contributed by atoms with Crippen molar-refractivity contribution in [2.45, 2.75) is 40.5 Å². The van der Waals surface area contributed by atoms with Crippen LogP contribution in [0.1, 0.15) is 40.5 Å². The second-order valence-electron chi connectivity index (χ2n) is 6.88. The average molecular weight is 303 g/mol. The van der Waals surface area contributed by atoms with Gasteiger partial charge in [0.05, 0.1) is 0 Å². The van der Waals surface area contributed by atoms with E-state index in [0.717, 1.165) is 19.5 Å². The minimum Gasteiger partial charge on any atom is -0.342 e. The van der Waals surface area contributed by atoms with E-state index in [0.29, 0.717) is 19.5 Å². The summed E-state index contributed by atoms with van der Waals surface area (Å²) in [7, 11) is 0. The fourth-order valence-corrected chi connectivity index (χ4v) is 2.85. The summed E-state index contributed by atoms with van der Waals surface area (Å²) in [5.41, 5.74) is 0.0352. The second-order valence-corrected chi connectivity index (χ2v) is 7.15. The Bertz CT molecular complexity index is 352. The van der Waals surface area contributed by atoms with Gasteiger partial charge in [0.2, 0.25) is 11.8 Å². The van der Waals surface area contributed by atoms with Crippen molar-refractivity contribution >= 4 is 23.4 Å². The Kier molecular flexibility index (Phi) is 6.31. The molecule has 0 bridgehead atoms. The van der Waals surface area contributed by atoms with Gasteiger partial charge in [0, 0.05) is 38.5 Å². The van der Waals surface area contributed by atoms with Gasteiger partial charge in [-0.3, -0.25) is 9.59 Å². The molecule has 1 fully saturated rings. The quantitative estimate of drug-likeness (QED) is 0.707. The number of halogens is 1. The molecule has 0 aromatic heterocycles. The van der Waals surface area contributed by atoms with Gasteiger partial charge in [-0.2, -0.15) is 0 Å². The van der Waals surface area contributed by atoms with Crippen LogP contribution < -0.4 is 0 Å². The molecule has 1 aliphatic rings. The Morgan fingerprint density at radius 1 is 1.45 bits per heavy atom. The summed E-state index contributed by atoms with van der Waals surface area (Å²) in [6, 6.07) is 0. The lowest BCUT2D eigenvalue weighted by atomic mass is 9.95. The van der Waals surface area contributed by atoms with E-state index in [1.807, 2.05) is 9.80 Å². The van der Waals surface area contributed by atoms with Crippen LogP contribution in [-0.4, -0.2) is 53.7 Å². The number of carbonyl (C=O) groups is 2. The van der Waals surface area contributed by atoms with Crippen LogP contribution in [0.5, 0.6) is 0 Å². The maximum Gasteiger partial charge on any atom is 0.237 e. The molecule has 5 heteroatoms. The molecule has 0 radical (unpaired) electrons. The van der Waals surface area contributed by atoms with Crippen molar-refractivity contribution < 1.29 is 9.59 Å². The topological polar surface area (TPSA) is 40.6 Å². The van der Waals surface area contributed by atoms with Gasteiger partial charge in [-0.05, 0) is 11.8 Å². The van der Waals surface area contributed by atoms with Gasteiger partial charge in [-0.1, -0.05) is 27.7 Å². The SMILES string of the molecule is CCCN1CC(CN(CC(C)(C)C)C(=O)CCl)CC1=O. The molecule has 1 heterocycles. The van der Waals surface area contributed by atoms with Crippen molar-refractivity contribution in [1.29, 1.82) is 0 Å². The number of carbonyl (C=O) groups excluding carboxylic acids is 2. The molecule has 116 valence electrons. The normalized spacial score (nSPS) is 19.6. The molecule has 1 aliphatic heterocycles. The van der Waals surface area contributed by atoms with E-state index in [4.69, 9.17) is 11.6 Å². The van der Waals surface area contributed by atoms with Crippen molar-refractivity contribution in [2.75, 3.05) is 32.1 Å². The first-order valence-electron chi connectivity index (χ1n) is 7.38. The van der Waals surface area contributed by atoms with Crippen LogP contribution in [0.4, 0.5) is 0 Å². The lowest BCUT2D eigenvalue weighted by Crippen LogP contribution is -2.42. The number of alkyl halides is 1. The van der Waals surface area contributed by atoms with E-state index >= 15 is 0 Å². The number of likely N-dealkylation sites (tertiary alicyclic amines) is 1. The largest absolute Gasteiger partial charge is 0.342 e. The highest BCUT2D eigenvalue weighted by molar-refractivity contribution is 6.27. The predicted molar refractivity (Wildman–Crippen MR) is 81.7 cm³/mol. The third-order valence-corrected chi connectivity index (χ3v) is 3.63. The summed E-state index contributed by atoms with van der Waals surface area (Å²) in [6.07, 6.45) is 1.53. The van der Waals surface area contributed by atoms with Crippen LogP contribution in [0.2, 0.25) is 0 Å². The molecular weight excluding hydrogens is 276 g/mol. The van der Waals surface area contributed by atoms with Gasteiger partial charge >= 0.3 is 0 Å². The smallest absolute Gasteiger partial charge is 0.237 e. The lowest BCUT2D eigenvalue weighted by molar-refractivity contribution is -0.131. The fraction of sp³-hybridized carbons (Fsp3) is 0.867. The zero-order chi connectivity index (χ0) is 15.3. The summed E-state index contributed by atoms with van der Waals surface area (Å²) >= 11 is 5.70. The number of rotatable bonds is 6. The van der Waals surface area contributed by atoms with Crippen LogP contribution in [0.3, 0.4) is 0 Å². The Morgan fingerprint density at radius 2 is 2.10 bits per heavy atom. The van der Waals surface area contributed by atoms with E-state index in [-0.39, 0.29) is 29.0 Å². The first-order valence-corrected chi connectivity index (χ1v) is 7.91. The predicted octanol–water partition coefficient (Wildman–Crippen LogP) is 2.36. The van der Waals surface area contributed by atoms with Crippen molar-refractivity contribution in [3.8, 4) is 0 Å². The highest BCUT2D eigenvalue weighted by atomic mass is 35.5. The molecule has 0 saturated carbocycles. The molecule has 0 aromatic rings. The number of nitrogens with zero attached hydrogens (tertiary/aromatic N) is 2. The minimum absolute atomic E-state index is 0.00935. The second kappa shape index (κ2) is 7.30. The van der Waals surface area contributed by atoms with E-state index < -0.39 is 0 Å². The maximum absolute atomic E-state index is 12.0. The van der Waals surface area contributed by atoms with Gasteiger partial charge in [0.25, 0.3) is 0 Å². The summed E-state index contributed by atoms with van der Waals surface area (Å²) in [5, 5.41) is 0. The fourth-order valence-electron chi connectivity index (χ4n) is 2.69. The van der Waals surface area contributed by atoms with Crippen LogP contribution in [0.15, 0.2) is 0 Å². The highest BCUT2D eigenvalue weighted by Crippen LogP contribution is 2.22. The van der Waals surface area contributed by atoms with Crippen LogP contribution in [-0.2, 0) is 9.59 Å². The molecule has 1 atom stereocenters. The Labute approximate surface area is 127 Å². The molecule has 20 heavy (non-hydrogen) atoms. The van der Waals surface area contributed by atoms with Gasteiger partial charge in [-0.25, -0.2) is 0 Å². The zero-order valence-electron chi connectivity index (χ0n) is 13.1. The molecule has 0 N–H and O–H groups in total. The van der Waals surface area contributed by atoms with E-state index in [1.165, 1.54) is 0 Å². The first kappa shape index (κ1) is 17.3. The Hall–Kier alpha value is -0.770. The van der Waals surface area contributed by atoms with E-state index in [1.54, 1.807) is 0 Å². The Balaban J connectivity index is 2.62. The third kappa shape index (κ3) is 5.31. The number of amides is 2. The minimum atomic E-state index is -0.0389. The number of hydrogen-bond donors (Lipinski definition) is 0. The molecule has 1 saturated heterocycles. The van der Waals surface area contributed by atoms with E-state index in [2.05, 4.69) is 27.7 Å². The van der Waals surface area contributed by atoms with Crippen molar-refractivity contribution in [2.24, 2.45) is 11.3 Å². The average Bonchev–Trinajstić information content (AvgIpc) is 2.67. The summed E-state index contributed by atoms with van der Waals surface area (Å²) in [6.45, 7) is 11.3. The van der Waals surface area contributed by atoms with Crippen LogP contribution in [0, 0.1) is 11.3 Å². The molecule has 0 aromatic carbocycles. The van der Waals surface area contributed by atoms with Crippen molar-refractivity contribution in [1.82, 2.24) is 9.80 Å². The van der Waals surface area contributed by atoms with Gasteiger partial charge in [0.1, 0.15) is 5.88 Å². The van der Waals surface area contributed by atoms with E-state index in [9.17, 15) is 9.59 Å². The van der Waals surface area contributed by atoms with Gasteiger partial charge in [-0.15, -0.1) is 11.6 Å². The molecule has 2 amide bonds. The summed E-state index contributed by atoms with van der Waals surface area (Å²) in [5.74, 6) is 0.424. The number of hydrogen-bond acceptors (Lipinski definition) is 2. The lowest BCUT2D eigenvalue weighted by Gasteiger charge is -2.31. The first-order chi connectivity index (χ1) is 9.26. The Morgan fingerprint density at radius 3 is 2.60 bits per heavy atom. The summed E-state index contributed by atoms with van der Waals surface area (Å²) in [4.78, 5) is 27.6. The monoisotopic (exact) mass is 302 g/mol. The molecule has 4 nitrogen and oxygen atoms in total. The van der Waals surface area contributed by atoms with Crippen LogP contribution >= 0.6 is 11.6 Å². The molecular formula is C15H27ClN2O2. The molecule has 0 aliphatic carbocycles. The van der Waals surface area contributed by atoms with Gasteiger partial charge in [0.15, 0.2) is 0 Å². The highest BCUT2D eigenvalue weighted by Gasteiger charge is 2.32. The maximum atomic E-state index is 12.0. The molecule has 1 unspecified atom stereocenters. The standard InChI is InChI=1S/C15H27ClN2O2/c1-5-6-17-9-12(7-13(17)19)10-18(14(20)8-16)11-15(2,3)4/h12H,5-11H2,1-4H3. The molecule has 1 rings (SSSR count). The summed E-state index contributed by atoms with van der Waals surface area (Å²) < 4.78 is 0. The molecule has 0 spiro atoms. The van der Waals surface area contributed by atoms with Crippen molar-refractivity contribution in [3.05, 3.63) is 0 Å².